The summed E-state index contributed by atoms with van der Waals surface area (Å²) in [6.07, 6.45) is 8.66. The van der Waals surface area contributed by atoms with Gasteiger partial charge in [-0.25, -0.2) is 4.98 Å². The molecular weight excluding hydrogens is 176 g/mol. The van der Waals surface area contributed by atoms with Crippen molar-refractivity contribution in [1.82, 2.24) is 9.97 Å². The summed E-state index contributed by atoms with van der Waals surface area (Å²) in [7, 11) is 0. The van der Waals surface area contributed by atoms with Gasteiger partial charge in [0.1, 0.15) is 5.82 Å². The van der Waals surface area contributed by atoms with Crippen molar-refractivity contribution in [2.75, 3.05) is 0 Å². The largest absolute Gasteiger partial charge is 0.311 e. The van der Waals surface area contributed by atoms with Crippen molar-refractivity contribution in [1.29, 1.82) is 0 Å². The lowest BCUT2D eigenvalue weighted by atomic mass is 10.2. The summed E-state index contributed by atoms with van der Waals surface area (Å²) < 4.78 is 0. The predicted octanol–water partition coefficient (Wildman–Crippen LogP) is 1.42. The SMILES string of the molecule is C#CCCCCc1nc(C)cc(=O)[nH]1. The van der Waals surface area contributed by atoms with Gasteiger partial charge >= 0.3 is 0 Å². The summed E-state index contributed by atoms with van der Waals surface area (Å²) in [6.45, 7) is 1.82. The molecule has 0 amide bonds. The summed E-state index contributed by atoms with van der Waals surface area (Å²) in [5.74, 6) is 3.34. The van der Waals surface area contributed by atoms with Gasteiger partial charge in [0, 0.05) is 24.6 Å². The van der Waals surface area contributed by atoms with Crippen LogP contribution >= 0.6 is 0 Å². The molecule has 3 nitrogen and oxygen atoms in total. The van der Waals surface area contributed by atoms with Gasteiger partial charge in [0.25, 0.3) is 5.56 Å². The number of rotatable bonds is 4. The number of hydrogen-bond acceptors (Lipinski definition) is 2. The topological polar surface area (TPSA) is 45.8 Å². The molecule has 1 aromatic heterocycles. The van der Waals surface area contributed by atoms with Crippen LogP contribution in [0, 0.1) is 19.3 Å². The Kier molecular flexibility index (Phi) is 3.93. The first kappa shape index (κ1) is 10.5. The normalized spacial score (nSPS) is 9.71. The number of nitrogens with zero attached hydrogens (tertiary/aromatic N) is 1. The quantitative estimate of drug-likeness (QED) is 0.576. The van der Waals surface area contributed by atoms with E-state index >= 15 is 0 Å². The number of unbranched alkanes of at least 4 members (excludes halogenated alkanes) is 2. The van der Waals surface area contributed by atoms with Crippen LogP contribution in [-0.2, 0) is 6.42 Å². The van der Waals surface area contributed by atoms with Crippen LogP contribution < -0.4 is 5.56 Å². The van der Waals surface area contributed by atoms with Crippen molar-refractivity contribution in [3.8, 4) is 12.3 Å². The number of H-pyrrole nitrogens is 1. The maximum atomic E-state index is 11.1. The van der Waals surface area contributed by atoms with Gasteiger partial charge in [0.15, 0.2) is 0 Å². The molecule has 1 rings (SSSR count). The minimum absolute atomic E-state index is 0.0792. The zero-order valence-electron chi connectivity index (χ0n) is 8.34. The van der Waals surface area contributed by atoms with Gasteiger partial charge in [0.2, 0.25) is 0 Å². The number of hydrogen-bond donors (Lipinski definition) is 1. The molecule has 1 heterocycles. The van der Waals surface area contributed by atoms with E-state index in [0.717, 1.165) is 37.2 Å². The second kappa shape index (κ2) is 5.23. The van der Waals surface area contributed by atoms with Gasteiger partial charge < -0.3 is 4.98 Å². The molecule has 0 atom stereocenters. The molecule has 0 aliphatic carbocycles. The fourth-order valence-corrected chi connectivity index (χ4v) is 1.28. The van der Waals surface area contributed by atoms with Crippen molar-refractivity contribution >= 4 is 0 Å². The van der Waals surface area contributed by atoms with E-state index in [-0.39, 0.29) is 5.56 Å². The third-order valence-corrected chi connectivity index (χ3v) is 1.90. The molecule has 0 fully saturated rings. The Morgan fingerprint density at radius 2 is 2.36 bits per heavy atom. The van der Waals surface area contributed by atoms with E-state index < -0.39 is 0 Å². The second-order valence-corrected chi connectivity index (χ2v) is 3.24. The Morgan fingerprint density at radius 1 is 1.57 bits per heavy atom. The molecule has 74 valence electrons. The molecule has 1 N–H and O–H groups in total. The molecule has 0 saturated heterocycles. The third-order valence-electron chi connectivity index (χ3n) is 1.90. The summed E-state index contributed by atoms with van der Waals surface area (Å²) in [6, 6.07) is 1.49. The van der Waals surface area contributed by atoms with Crippen LogP contribution in [0.5, 0.6) is 0 Å². The standard InChI is InChI=1S/C11H14N2O/c1-3-4-5-6-7-10-12-9(2)8-11(14)13-10/h1,8H,4-7H2,2H3,(H,12,13,14). The highest BCUT2D eigenvalue weighted by Crippen LogP contribution is 2.00. The highest BCUT2D eigenvalue weighted by molar-refractivity contribution is 5.00. The van der Waals surface area contributed by atoms with Crippen molar-refractivity contribution in [3.05, 3.63) is 27.9 Å². The van der Waals surface area contributed by atoms with Crippen LogP contribution in [-0.4, -0.2) is 9.97 Å². The van der Waals surface area contributed by atoms with Crippen LogP contribution in [0.25, 0.3) is 0 Å². The first-order valence-corrected chi connectivity index (χ1v) is 4.72. The maximum Gasteiger partial charge on any atom is 0.251 e. The number of aryl methyl sites for hydroxylation is 2. The molecule has 0 unspecified atom stereocenters. The molecule has 0 bridgehead atoms. The minimum Gasteiger partial charge on any atom is -0.311 e. The summed E-state index contributed by atoms with van der Waals surface area (Å²) in [4.78, 5) is 18.0. The molecule has 3 heteroatoms. The van der Waals surface area contributed by atoms with E-state index in [2.05, 4.69) is 15.9 Å². The molecule has 0 spiro atoms. The van der Waals surface area contributed by atoms with Crippen LogP contribution in [0.1, 0.15) is 30.8 Å². The second-order valence-electron chi connectivity index (χ2n) is 3.24. The first-order chi connectivity index (χ1) is 6.72. The lowest BCUT2D eigenvalue weighted by Gasteiger charge is -1.99. The molecule has 1 aromatic rings. The van der Waals surface area contributed by atoms with Crippen LogP contribution in [0.15, 0.2) is 10.9 Å². The van der Waals surface area contributed by atoms with Gasteiger partial charge in [-0.1, -0.05) is 0 Å². The fourth-order valence-electron chi connectivity index (χ4n) is 1.28. The van der Waals surface area contributed by atoms with Gasteiger partial charge in [-0.2, -0.15) is 0 Å². The molecule has 0 aliphatic rings. The summed E-state index contributed by atoms with van der Waals surface area (Å²) >= 11 is 0. The lowest BCUT2D eigenvalue weighted by molar-refractivity contribution is 0.717. The molecule has 0 aromatic carbocycles. The van der Waals surface area contributed by atoms with Crippen molar-refractivity contribution in [2.24, 2.45) is 0 Å². The Labute approximate surface area is 83.6 Å². The van der Waals surface area contributed by atoms with Crippen molar-refractivity contribution in [2.45, 2.75) is 32.6 Å². The van der Waals surface area contributed by atoms with Gasteiger partial charge in [0.05, 0.1) is 0 Å². The monoisotopic (exact) mass is 190 g/mol. The number of aromatic amines is 1. The highest BCUT2D eigenvalue weighted by Gasteiger charge is 1.97. The molecule has 0 aliphatic heterocycles. The average Bonchev–Trinajstić information content (AvgIpc) is 2.11. The third kappa shape index (κ3) is 3.44. The van der Waals surface area contributed by atoms with Gasteiger partial charge in [-0.3, -0.25) is 4.79 Å². The van der Waals surface area contributed by atoms with Gasteiger partial charge in [-0.05, 0) is 19.8 Å². The van der Waals surface area contributed by atoms with Gasteiger partial charge in [-0.15, -0.1) is 12.3 Å². The van der Waals surface area contributed by atoms with Crippen molar-refractivity contribution < 1.29 is 0 Å². The Morgan fingerprint density at radius 3 is 3.00 bits per heavy atom. The number of nitrogens with one attached hydrogen (secondary N) is 1. The average molecular weight is 190 g/mol. The Balaban J connectivity index is 2.51. The van der Waals surface area contributed by atoms with E-state index in [1.165, 1.54) is 6.07 Å². The minimum atomic E-state index is -0.0792. The molecule has 14 heavy (non-hydrogen) atoms. The summed E-state index contributed by atoms with van der Waals surface area (Å²) in [5, 5.41) is 0. The van der Waals surface area contributed by atoms with E-state index in [1.54, 1.807) is 0 Å². The predicted molar refractivity (Wildman–Crippen MR) is 56.0 cm³/mol. The van der Waals surface area contributed by atoms with Crippen LogP contribution in [0.3, 0.4) is 0 Å². The smallest absolute Gasteiger partial charge is 0.251 e. The zero-order chi connectivity index (χ0) is 10.4. The highest BCUT2D eigenvalue weighted by atomic mass is 16.1. The Hall–Kier alpha value is -1.56. The Bertz CT molecular complexity index is 387. The zero-order valence-corrected chi connectivity index (χ0v) is 8.34. The molecule has 0 saturated carbocycles. The molecule has 0 radical (unpaired) electrons. The van der Waals surface area contributed by atoms with Crippen molar-refractivity contribution in [3.63, 3.8) is 0 Å². The van der Waals surface area contributed by atoms with E-state index in [9.17, 15) is 4.79 Å². The van der Waals surface area contributed by atoms with E-state index in [4.69, 9.17) is 6.42 Å². The van der Waals surface area contributed by atoms with Crippen LogP contribution in [0.4, 0.5) is 0 Å². The number of aromatic nitrogens is 2. The first-order valence-electron chi connectivity index (χ1n) is 4.72. The summed E-state index contributed by atoms with van der Waals surface area (Å²) in [5.41, 5.74) is 0.685. The van der Waals surface area contributed by atoms with E-state index in [0.29, 0.717) is 0 Å². The number of terminal acetylenes is 1. The fraction of sp³-hybridized carbons (Fsp3) is 0.455. The molecular formula is C11H14N2O. The maximum absolute atomic E-state index is 11.1. The van der Waals surface area contributed by atoms with Crippen LogP contribution in [0.2, 0.25) is 0 Å². The van der Waals surface area contributed by atoms with E-state index in [1.807, 2.05) is 6.92 Å². The lowest BCUT2D eigenvalue weighted by Crippen LogP contribution is -2.11.